The SMILES string of the molecule is CC(=O)Nc1ccc(S(=O)(=O)N(CC(=O)O)c2ccc3ccccc3c2)cc1. The third kappa shape index (κ3) is 4.12. The van der Waals surface area contributed by atoms with Crippen LogP contribution in [0.25, 0.3) is 10.8 Å². The van der Waals surface area contributed by atoms with Gasteiger partial charge in [0.25, 0.3) is 10.0 Å². The number of anilines is 2. The summed E-state index contributed by atoms with van der Waals surface area (Å²) in [6, 6.07) is 17.9. The van der Waals surface area contributed by atoms with Crippen molar-refractivity contribution in [2.45, 2.75) is 11.8 Å². The maximum absolute atomic E-state index is 13.1. The van der Waals surface area contributed by atoms with Crippen molar-refractivity contribution in [1.29, 1.82) is 0 Å². The summed E-state index contributed by atoms with van der Waals surface area (Å²) in [4.78, 5) is 22.4. The van der Waals surface area contributed by atoms with Crippen molar-refractivity contribution in [3.05, 3.63) is 66.7 Å². The number of rotatable bonds is 6. The number of carboxylic acids is 1. The number of amides is 1. The summed E-state index contributed by atoms with van der Waals surface area (Å²) in [7, 11) is -4.12. The molecule has 0 unspecified atom stereocenters. The quantitative estimate of drug-likeness (QED) is 0.664. The topological polar surface area (TPSA) is 104 Å². The minimum Gasteiger partial charge on any atom is -0.480 e. The number of fused-ring (bicyclic) bond motifs is 1. The molecule has 0 aliphatic heterocycles. The Morgan fingerprint density at radius 2 is 1.61 bits per heavy atom. The number of carboxylic acid groups (broad SMARTS) is 1. The number of nitrogens with zero attached hydrogens (tertiary/aromatic N) is 1. The summed E-state index contributed by atoms with van der Waals surface area (Å²) in [5, 5.41) is 13.5. The Hall–Kier alpha value is -3.39. The molecule has 3 aromatic rings. The van der Waals surface area contributed by atoms with Gasteiger partial charge < -0.3 is 10.4 Å². The molecule has 144 valence electrons. The summed E-state index contributed by atoms with van der Waals surface area (Å²) in [5.74, 6) is -1.55. The smallest absolute Gasteiger partial charge is 0.324 e. The molecule has 0 atom stereocenters. The van der Waals surface area contributed by atoms with Crippen LogP contribution >= 0.6 is 0 Å². The fourth-order valence-corrected chi connectivity index (χ4v) is 4.22. The molecule has 3 aromatic carbocycles. The van der Waals surface area contributed by atoms with Crippen molar-refractivity contribution in [2.24, 2.45) is 0 Å². The summed E-state index contributed by atoms with van der Waals surface area (Å²) < 4.78 is 27.1. The van der Waals surface area contributed by atoms with Crippen molar-refractivity contribution < 1.29 is 23.1 Å². The number of sulfonamides is 1. The third-order valence-electron chi connectivity index (χ3n) is 4.06. The summed E-state index contributed by atoms with van der Waals surface area (Å²) in [6.07, 6.45) is 0. The second-order valence-corrected chi connectivity index (χ2v) is 8.00. The van der Waals surface area contributed by atoms with Gasteiger partial charge in [-0.1, -0.05) is 30.3 Å². The number of carbonyl (C=O) groups is 2. The van der Waals surface area contributed by atoms with Crippen molar-refractivity contribution in [3.8, 4) is 0 Å². The van der Waals surface area contributed by atoms with E-state index in [2.05, 4.69) is 5.32 Å². The van der Waals surface area contributed by atoms with Gasteiger partial charge in [0.05, 0.1) is 10.6 Å². The van der Waals surface area contributed by atoms with Crippen molar-refractivity contribution in [2.75, 3.05) is 16.2 Å². The molecular weight excluding hydrogens is 380 g/mol. The number of hydrogen-bond donors (Lipinski definition) is 2. The first-order valence-electron chi connectivity index (χ1n) is 8.38. The van der Waals surface area contributed by atoms with Gasteiger partial charge in [0, 0.05) is 12.6 Å². The highest BCUT2D eigenvalue weighted by Gasteiger charge is 2.27. The Morgan fingerprint density at radius 3 is 2.21 bits per heavy atom. The molecule has 1 amide bonds. The van der Waals surface area contributed by atoms with Crippen LogP contribution < -0.4 is 9.62 Å². The van der Waals surface area contributed by atoms with E-state index in [0.717, 1.165) is 15.1 Å². The minimum atomic E-state index is -4.12. The largest absolute Gasteiger partial charge is 0.480 e. The van der Waals surface area contributed by atoms with Crippen LogP contribution in [0.5, 0.6) is 0 Å². The lowest BCUT2D eigenvalue weighted by Gasteiger charge is -2.23. The maximum atomic E-state index is 13.1. The molecule has 2 N–H and O–H groups in total. The van der Waals surface area contributed by atoms with Gasteiger partial charge in [0.15, 0.2) is 0 Å². The fourth-order valence-electron chi connectivity index (χ4n) is 2.81. The zero-order chi connectivity index (χ0) is 20.3. The molecule has 0 saturated carbocycles. The highest BCUT2D eigenvalue weighted by Crippen LogP contribution is 2.27. The Kier molecular flexibility index (Phi) is 5.32. The summed E-state index contributed by atoms with van der Waals surface area (Å²) in [6.45, 7) is 0.632. The van der Waals surface area contributed by atoms with Crippen LogP contribution in [0.3, 0.4) is 0 Å². The Morgan fingerprint density at radius 1 is 0.964 bits per heavy atom. The van der Waals surface area contributed by atoms with Crippen LogP contribution in [-0.4, -0.2) is 31.9 Å². The van der Waals surface area contributed by atoms with Crippen molar-refractivity contribution in [1.82, 2.24) is 0 Å². The summed E-state index contributed by atoms with van der Waals surface area (Å²) >= 11 is 0. The van der Waals surface area contributed by atoms with Gasteiger partial charge in [-0.05, 0) is 47.2 Å². The highest BCUT2D eigenvalue weighted by molar-refractivity contribution is 7.92. The lowest BCUT2D eigenvalue weighted by atomic mass is 10.1. The van der Waals surface area contributed by atoms with Crippen molar-refractivity contribution >= 4 is 44.0 Å². The number of carbonyl (C=O) groups excluding carboxylic acids is 1. The summed E-state index contributed by atoms with van der Waals surface area (Å²) in [5.41, 5.74) is 0.703. The van der Waals surface area contributed by atoms with E-state index in [1.807, 2.05) is 24.3 Å². The van der Waals surface area contributed by atoms with E-state index in [1.165, 1.54) is 31.2 Å². The minimum absolute atomic E-state index is 0.0731. The van der Waals surface area contributed by atoms with Gasteiger partial charge in [-0.2, -0.15) is 0 Å². The second kappa shape index (κ2) is 7.69. The number of nitrogens with one attached hydrogen (secondary N) is 1. The molecule has 0 spiro atoms. The van der Waals surface area contributed by atoms with Gasteiger partial charge in [-0.3, -0.25) is 13.9 Å². The van der Waals surface area contributed by atoms with Crippen LogP contribution in [-0.2, 0) is 19.6 Å². The molecule has 0 heterocycles. The Bertz CT molecular complexity index is 1140. The van der Waals surface area contributed by atoms with E-state index in [4.69, 9.17) is 0 Å². The van der Waals surface area contributed by atoms with Gasteiger partial charge in [0.2, 0.25) is 5.91 Å². The van der Waals surface area contributed by atoms with Crippen LogP contribution in [0.1, 0.15) is 6.92 Å². The predicted molar refractivity (Wildman–Crippen MR) is 107 cm³/mol. The van der Waals surface area contributed by atoms with Gasteiger partial charge in [-0.15, -0.1) is 0 Å². The Balaban J connectivity index is 2.04. The van der Waals surface area contributed by atoms with E-state index in [0.29, 0.717) is 5.69 Å². The first-order chi connectivity index (χ1) is 13.3. The second-order valence-electron chi connectivity index (χ2n) is 6.14. The number of benzene rings is 3. The lowest BCUT2D eigenvalue weighted by Crippen LogP contribution is -2.35. The molecular formula is C20H18N2O5S. The molecule has 0 saturated heterocycles. The van der Waals surface area contributed by atoms with Gasteiger partial charge >= 0.3 is 5.97 Å². The molecule has 0 aliphatic carbocycles. The van der Waals surface area contributed by atoms with Crippen LogP contribution in [0, 0.1) is 0 Å². The highest BCUT2D eigenvalue weighted by atomic mass is 32.2. The average molecular weight is 398 g/mol. The number of aliphatic carboxylic acids is 1. The lowest BCUT2D eigenvalue weighted by molar-refractivity contribution is -0.135. The third-order valence-corrected chi connectivity index (χ3v) is 5.85. The van der Waals surface area contributed by atoms with E-state index in [9.17, 15) is 23.1 Å². The zero-order valence-corrected chi connectivity index (χ0v) is 15.8. The molecule has 8 heteroatoms. The number of hydrogen-bond acceptors (Lipinski definition) is 4. The van der Waals surface area contributed by atoms with Crippen LogP contribution in [0.2, 0.25) is 0 Å². The predicted octanol–water partition coefficient (Wildman–Crippen LogP) is 3.08. The maximum Gasteiger partial charge on any atom is 0.324 e. The Labute approximate surface area is 162 Å². The molecule has 0 radical (unpaired) electrons. The molecule has 28 heavy (non-hydrogen) atoms. The van der Waals surface area contributed by atoms with E-state index in [-0.39, 0.29) is 16.5 Å². The normalized spacial score (nSPS) is 11.2. The first-order valence-corrected chi connectivity index (χ1v) is 9.82. The van der Waals surface area contributed by atoms with E-state index in [1.54, 1.807) is 18.2 Å². The van der Waals surface area contributed by atoms with Gasteiger partial charge in [-0.25, -0.2) is 8.42 Å². The monoisotopic (exact) mass is 398 g/mol. The average Bonchev–Trinajstić information content (AvgIpc) is 2.65. The first kappa shape index (κ1) is 19.4. The molecule has 3 rings (SSSR count). The fraction of sp³-hybridized carbons (Fsp3) is 0.100. The van der Waals surface area contributed by atoms with Gasteiger partial charge in [0.1, 0.15) is 6.54 Å². The molecule has 0 fully saturated rings. The van der Waals surface area contributed by atoms with E-state index >= 15 is 0 Å². The standard InChI is InChI=1S/C20H18N2O5S/c1-14(23)21-17-7-10-19(11-8-17)28(26,27)22(13-20(24)25)18-9-6-15-4-2-3-5-16(15)12-18/h2-12H,13H2,1H3,(H,21,23)(H,24,25). The van der Waals surface area contributed by atoms with Crippen LogP contribution in [0.4, 0.5) is 11.4 Å². The molecule has 0 bridgehead atoms. The molecule has 0 aliphatic rings. The zero-order valence-electron chi connectivity index (χ0n) is 15.0. The molecule has 7 nitrogen and oxygen atoms in total. The van der Waals surface area contributed by atoms with Crippen LogP contribution in [0.15, 0.2) is 71.6 Å². The van der Waals surface area contributed by atoms with E-state index < -0.39 is 22.5 Å². The van der Waals surface area contributed by atoms with Crippen molar-refractivity contribution in [3.63, 3.8) is 0 Å². The molecule has 0 aromatic heterocycles.